The summed E-state index contributed by atoms with van der Waals surface area (Å²) in [6, 6.07) is 17.3. The number of anilines is 2. The SMILES string of the molecule is CC(O)(CN1CCc2ccccc21)C(=O)Nc1ccccc1. The lowest BCUT2D eigenvalue weighted by Crippen LogP contribution is -2.49. The molecule has 3 rings (SSSR count). The van der Waals surface area contributed by atoms with Crippen molar-refractivity contribution in [1.29, 1.82) is 0 Å². The first-order valence-electron chi connectivity index (χ1n) is 7.48. The molecule has 2 aromatic rings. The third kappa shape index (κ3) is 2.97. The van der Waals surface area contributed by atoms with Crippen molar-refractivity contribution in [3.8, 4) is 0 Å². The molecule has 0 aromatic heterocycles. The summed E-state index contributed by atoms with van der Waals surface area (Å²) in [5.41, 5.74) is 1.61. The number of fused-ring (bicyclic) bond motifs is 1. The largest absolute Gasteiger partial charge is 0.378 e. The third-order valence-electron chi connectivity index (χ3n) is 4.00. The van der Waals surface area contributed by atoms with E-state index in [-0.39, 0.29) is 12.5 Å². The fourth-order valence-electron chi connectivity index (χ4n) is 2.80. The van der Waals surface area contributed by atoms with Crippen molar-refractivity contribution in [1.82, 2.24) is 0 Å². The first kappa shape index (κ1) is 14.6. The van der Waals surface area contributed by atoms with Crippen molar-refractivity contribution in [3.63, 3.8) is 0 Å². The summed E-state index contributed by atoms with van der Waals surface area (Å²) in [5.74, 6) is -0.386. The summed E-state index contributed by atoms with van der Waals surface area (Å²) in [6.07, 6.45) is 0.951. The number of nitrogens with zero attached hydrogens (tertiary/aromatic N) is 1. The van der Waals surface area contributed by atoms with Gasteiger partial charge in [0.05, 0.1) is 6.54 Å². The Morgan fingerprint density at radius 3 is 2.64 bits per heavy atom. The second-order valence-corrected chi connectivity index (χ2v) is 5.89. The average molecular weight is 296 g/mol. The van der Waals surface area contributed by atoms with Crippen LogP contribution in [-0.2, 0) is 11.2 Å². The van der Waals surface area contributed by atoms with Gasteiger partial charge >= 0.3 is 0 Å². The maximum atomic E-state index is 12.3. The van der Waals surface area contributed by atoms with Gasteiger partial charge in [0.25, 0.3) is 5.91 Å². The van der Waals surface area contributed by atoms with Gasteiger partial charge in [-0.05, 0) is 37.1 Å². The third-order valence-corrected chi connectivity index (χ3v) is 4.00. The number of carbonyl (C=O) groups excluding carboxylic acids is 1. The van der Waals surface area contributed by atoms with E-state index in [1.807, 2.05) is 36.4 Å². The molecule has 4 nitrogen and oxygen atoms in total. The molecule has 1 unspecified atom stereocenters. The second kappa shape index (κ2) is 5.81. The smallest absolute Gasteiger partial charge is 0.257 e. The summed E-state index contributed by atoms with van der Waals surface area (Å²) in [6.45, 7) is 2.67. The van der Waals surface area contributed by atoms with Crippen molar-refractivity contribution < 1.29 is 9.90 Å². The van der Waals surface area contributed by atoms with E-state index in [1.54, 1.807) is 19.1 Å². The summed E-state index contributed by atoms with van der Waals surface area (Å²) in [7, 11) is 0. The topological polar surface area (TPSA) is 52.6 Å². The predicted molar refractivity (Wildman–Crippen MR) is 88.1 cm³/mol. The Kier molecular flexibility index (Phi) is 3.86. The number of hydrogen-bond acceptors (Lipinski definition) is 3. The van der Waals surface area contributed by atoms with Gasteiger partial charge in [-0.1, -0.05) is 36.4 Å². The van der Waals surface area contributed by atoms with Gasteiger partial charge in [-0.3, -0.25) is 4.79 Å². The molecule has 0 aliphatic carbocycles. The zero-order chi connectivity index (χ0) is 15.6. The van der Waals surface area contributed by atoms with Crippen LogP contribution in [0.4, 0.5) is 11.4 Å². The average Bonchev–Trinajstić information content (AvgIpc) is 2.91. The van der Waals surface area contributed by atoms with Crippen LogP contribution in [0.3, 0.4) is 0 Å². The van der Waals surface area contributed by atoms with E-state index in [0.29, 0.717) is 5.69 Å². The summed E-state index contributed by atoms with van der Waals surface area (Å²) >= 11 is 0. The highest BCUT2D eigenvalue weighted by atomic mass is 16.3. The molecule has 1 heterocycles. The maximum absolute atomic E-state index is 12.3. The first-order chi connectivity index (χ1) is 10.6. The zero-order valence-electron chi connectivity index (χ0n) is 12.6. The van der Waals surface area contributed by atoms with E-state index in [2.05, 4.69) is 16.3 Å². The van der Waals surface area contributed by atoms with E-state index in [4.69, 9.17) is 0 Å². The van der Waals surface area contributed by atoms with Gasteiger partial charge in [-0.15, -0.1) is 0 Å². The van der Waals surface area contributed by atoms with E-state index in [9.17, 15) is 9.90 Å². The van der Waals surface area contributed by atoms with Crippen LogP contribution in [0.1, 0.15) is 12.5 Å². The van der Waals surface area contributed by atoms with E-state index in [0.717, 1.165) is 18.7 Å². The summed E-state index contributed by atoms with van der Waals surface area (Å²) < 4.78 is 0. The molecule has 114 valence electrons. The van der Waals surface area contributed by atoms with Crippen LogP contribution in [0.25, 0.3) is 0 Å². The zero-order valence-corrected chi connectivity index (χ0v) is 12.6. The van der Waals surface area contributed by atoms with Crippen LogP contribution < -0.4 is 10.2 Å². The molecule has 4 heteroatoms. The van der Waals surface area contributed by atoms with Crippen LogP contribution in [0, 0.1) is 0 Å². The van der Waals surface area contributed by atoms with Crippen LogP contribution in [0.2, 0.25) is 0 Å². The molecule has 0 radical (unpaired) electrons. The normalized spacial score (nSPS) is 16.0. The molecule has 1 atom stereocenters. The van der Waals surface area contributed by atoms with E-state index < -0.39 is 5.60 Å². The van der Waals surface area contributed by atoms with E-state index >= 15 is 0 Å². The molecule has 0 saturated carbocycles. The molecule has 0 spiro atoms. The number of β-amino-alcohol motifs (C(OH)–C–C–N with tert-alkyl or cyclic N) is 1. The molecule has 0 bridgehead atoms. The highest BCUT2D eigenvalue weighted by Gasteiger charge is 2.34. The first-order valence-corrected chi connectivity index (χ1v) is 7.48. The Morgan fingerprint density at radius 2 is 1.86 bits per heavy atom. The second-order valence-electron chi connectivity index (χ2n) is 5.89. The minimum atomic E-state index is -1.45. The van der Waals surface area contributed by atoms with Crippen LogP contribution in [0.15, 0.2) is 54.6 Å². The standard InChI is InChI=1S/C18H20N2O2/c1-18(22,17(21)19-15-8-3-2-4-9-15)13-20-12-11-14-7-5-6-10-16(14)20/h2-10,22H,11-13H2,1H3,(H,19,21). The molecule has 0 fully saturated rings. The minimum absolute atomic E-state index is 0.280. The van der Waals surface area contributed by atoms with Crippen molar-refractivity contribution in [2.75, 3.05) is 23.3 Å². The van der Waals surface area contributed by atoms with Gasteiger partial charge in [-0.25, -0.2) is 0 Å². The fourth-order valence-corrected chi connectivity index (χ4v) is 2.80. The van der Waals surface area contributed by atoms with Crippen molar-refractivity contribution in [2.45, 2.75) is 18.9 Å². The highest BCUT2D eigenvalue weighted by Crippen LogP contribution is 2.29. The molecule has 1 aliphatic rings. The monoisotopic (exact) mass is 296 g/mol. The summed E-state index contributed by atoms with van der Waals surface area (Å²) in [4.78, 5) is 14.4. The molecule has 1 aliphatic heterocycles. The Labute approximate surface area is 130 Å². The van der Waals surface area contributed by atoms with Gasteiger partial charge in [0.1, 0.15) is 0 Å². The number of carbonyl (C=O) groups is 1. The Bertz CT molecular complexity index is 668. The lowest BCUT2D eigenvalue weighted by molar-refractivity contribution is -0.131. The van der Waals surface area contributed by atoms with Gasteiger partial charge in [-0.2, -0.15) is 0 Å². The minimum Gasteiger partial charge on any atom is -0.378 e. The van der Waals surface area contributed by atoms with Gasteiger partial charge in [0.2, 0.25) is 0 Å². The highest BCUT2D eigenvalue weighted by molar-refractivity contribution is 5.97. The summed E-state index contributed by atoms with van der Waals surface area (Å²) in [5, 5.41) is 13.3. The van der Waals surface area contributed by atoms with E-state index in [1.165, 1.54) is 5.56 Å². The van der Waals surface area contributed by atoms with Gasteiger partial charge < -0.3 is 15.3 Å². The molecule has 0 saturated heterocycles. The lowest BCUT2D eigenvalue weighted by atomic mass is 10.0. The molecule has 1 amide bonds. The molecule has 22 heavy (non-hydrogen) atoms. The predicted octanol–water partition coefficient (Wildman–Crippen LogP) is 2.44. The molecular weight excluding hydrogens is 276 g/mol. The van der Waals surface area contributed by atoms with Crippen molar-refractivity contribution in [3.05, 3.63) is 60.2 Å². The maximum Gasteiger partial charge on any atom is 0.257 e. The van der Waals surface area contributed by atoms with Gasteiger partial charge in [0.15, 0.2) is 5.60 Å². The molecule has 2 N–H and O–H groups in total. The Morgan fingerprint density at radius 1 is 1.18 bits per heavy atom. The van der Waals surface area contributed by atoms with Gasteiger partial charge in [0, 0.05) is 17.9 Å². The number of amides is 1. The number of nitrogens with one attached hydrogen (secondary N) is 1. The van der Waals surface area contributed by atoms with Crippen LogP contribution in [-0.4, -0.2) is 29.7 Å². The number of benzene rings is 2. The van der Waals surface area contributed by atoms with Crippen molar-refractivity contribution in [2.24, 2.45) is 0 Å². The molecular formula is C18H20N2O2. The van der Waals surface area contributed by atoms with Crippen LogP contribution >= 0.6 is 0 Å². The number of aliphatic hydroxyl groups is 1. The number of rotatable bonds is 4. The van der Waals surface area contributed by atoms with Crippen molar-refractivity contribution >= 4 is 17.3 Å². The Hall–Kier alpha value is -2.33. The van der Waals surface area contributed by atoms with Crippen LogP contribution in [0.5, 0.6) is 0 Å². The molecule has 2 aromatic carbocycles. The number of para-hydroxylation sites is 2. The lowest BCUT2D eigenvalue weighted by Gasteiger charge is -2.29. The number of hydrogen-bond donors (Lipinski definition) is 2. The fraction of sp³-hybridized carbons (Fsp3) is 0.278. The Balaban J connectivity index is 1.70. The quantitative estimate of drug-likeness (QED) is 0.911.